The van der Waals surface area contributed by atoms with Crippen LogP contribution < -0.4 is 0 Å². The lowest BCUT2D eigenvalue weighted by Gasteiger charge is -2.07. The molecule has 3 heteroatoms. The van der Waals surface area contributed by atoms with E-state index in [1.165, 1.54) is 17.7 Å². The lowest BCUT2D eigenvalue weighted by Crippen LogP contribution is -2.04. The lowest BCUT2D eigenvalue weighted by molar-refractivity contribution is 0.584. The summed E-state index contributed by atoms with van der Waals surface area (Å²) >= 11 is 7.45. The summed E-state index contributed by atoms with van der Waals surface area (Å²) in [5.74, 6) is 0.810. The van der Waals surface area contributed by atoms with Crippen LogP contribution in [0.25, 0.3) is 0 Å². The smallest absolute Gasteiger partial charge is 0.0409 e. The van der Waals surface area contributed by atoms with Crippen LogP contribution in [0.15, 0.2) is 12.3 Å². The third kappa shape index (κ3) is 1.57. The molecular weight excluding hydrogens is 178 g/mol. The highest BCUT2D eigenvalue weighted by Gasteiger charge is 2.41. The van der Waals surface area contributed by atoms with Crippen LogP contribution in [0.3, 0.4) is 0 Å². The summed E-state index contributed by atoms with van der Waals surface area (Å²) in [4.78, 5) is 1.38. The minimum absolute atomic E-state index is 0.452. The SMILES string of the molecule is ClCC1(Cc2ccns2)CC1. The molecule has 0 unspecified atom stereocenters. The highest BCUT2D eigenvalue weighted by Crippen LogP contribution is 2.49. The van der Waals surface area contributed by atoms with E-state index in [-0.39, 0.29) is 0 Å². The van der Waals surface area contributed by atoms with Gasteiger partial charge in [0.15, 0.2) is 0 Å². The highest BCUT2D eigenvalue weighted by molar-refractivity contribution is 7.05. The van der Waals surface area contributed by atoms with Crippen molar-refractivity contribution >= 4 is 23.1 Å². The van der Waals surface area contributed by atoms with Gasteiger partial charge in [-0.2, -0.15) is 0 Å². The van der Waals surface area contributed by atoms with Gasteiger partial charge in [-0.15, -0.1) is 11.6 Å². The molecule has 2 rings (SSSR count). The number of aromatic nitrogens is 1. The second kappa shape index (κ2) is 2.76. The average molecular weight is 188 g/mol. The van der Waals surface area contributed by atoms with E-state index < -0.39 is 0 Å². The van der Waals surface area contributed by atoms with Crippen LogP contribution in [0.2, 0.25) is 0 Å². The van der Waals surface area contributed by atoms with Crippen molar-refractivity contribution in [2.24, 2.45) is 5.41 Å². The molecule has 1 aromatic rings. The predicted molar refractivity (Wildman–Crippen MR) is 48.2 cm³/mol. The van der Waals surface area contributed by atoms with E-state index >= 15 is 0 Å². The van der Waals surface area contributed by atoms with Crippen LogP contribution in [-0.2, 0) is 6.42 Å². The first-order valence-corrected chi connectivity index (χ1v) is 5.11. The fourth-order valence-electron chi connectivity index (χ4n) is 1.24. The fourth-order valence-corrected chi connectivity index (χ4v) is 2.35. The van der Waals surface area contributed by atoms with Gasteiger partial charge in [-0.25, -0.2) is 4.37 Å². The van der Waals surface area contributed by atoms with E-state index in [0.29, 0.717) is 5.41 Å². The van der Waals surface area contributed by atoms with Crippen molar-refractivity contribution in [1.29, 1.82) is 0 Å². The second-order valence-electron chi connectivity index (χ2n) is 3.29. The fraction of sp³-hybridized carbons (Fsp3) is 0.625. The summed E-state index contributed by atoms with van der Waals surface area (Å²) in [5.41, 5.74) is 0.452. The first kappa shape index (κ1) is 7.56. The van der Waals surface area contributed by atoms with E-state index in [2.05, 4.69) is 10.4 Å². The highest BCUT2D eigenvalue weighted by atomic mass is 35.5. The molecule has 0 atom stereocenters. The van der Waals surface area contributed by atoms with E-state index in [1.54, 1.807) is 11.5 Å². The van der Waals surface area contributed by atoms with Gasteiger partial charge in [0.05, 0.1) is 0 Å². The van der Waals surface area contributed by atoms with Crippen LogP contribution in [0, 0.1) is 5.41 Å². The van der Waals surface area contributed by atoms with Gasteiger partial charge in [-0.3, -0.25) is 0 Å². The van der Waals surface area contributed by atoms with Crippen LogP contribution in [0.4, 0.5) is 0 Å². The molecule has 11 heavy (non-hydrogen) atoms. The van der Waals surface area contributed by atoms with Crippen LogP contribution in [0.5, 0.6) is 0 Å². The van der Waals surface area contributed by atoms with Gasteiger partial charge >= 0.3 is 0 Å². The number of halogens is 1. The first-order valence-electron chi connectivity index (χ1n) is 3.80. The van der Waals surface area contributed by atoms with Crippen molar-refractivity contribution in [3.8, 4) is 0 Å². The molecule has 1 aromatic heterocycles. The summed E-state index contributed by atoms with van der Waals surface area (Å²) < 4.78 is 4.07. The quantitative estimate of drug-likeness (QED) is 0.664. The van der Waals surface area contributed by atoms with E-state index in [4.69, 9.17) is 11.6 Å². The molecule has 0 spiro atoms. The Bertz CT molecular complexity index is 228. The van der Waals surface area contributed by atoms with E-state index in [1.807, 2.05) is 6.20 Å². The largest absolute Gasteiger partial charge is 0.201 e. The van der Waals surface area contributed by atoms with Crippen molar-refractivity contribution in [1.82, 2.24) is 4.37 Å². The van der Waals surface area contributed by atoms with Crippen molar-refractivity contribution in [3.05, 3.63) is 17.1 Å². The van der Waals surface area contributed by atoms with Gasteiger partial charge in [-0.1, -0.05) is 0 Å². The summed E-state index contributed by atoms with van der Waals surface area (Å²) in [7, 11) is 0. The lowest BCUT2D eigenvalue weighted by atomic mass is 10.0. The maximum atomic E-state index is 5.86. The zero-order chi connectivity index (χ0) is 7.73. The molecule has 1 saturated carbocycles. The molecule has 60 valence electrons. The Morgan fingerprint density at radius 1 is 1.64 bits per heavy atom. The van der Waals surface area contributed by atoms with Crippen molar-refractivity contribution in [2.45, 2.75) is 19.3 Å². The molecule has 0 radical (unpaired) electrons. The molecule has 0 bridgehead atoms. The van der Waals surface area contributed by atoms with Gasteiger partial charge < -0.3 is 0 Å². The molecule has 0 aromatic carbocycles. The summed E-state index contributed by atoms with van der Waals surface area (Å²) in [6.45, 7) is 0. The van der Waals surface area contributed by atoms with Crippen LogP contribution >= 0.6 is 23.1 Å². The number of alkyl halides is 1. The first-order chi connectivity index (χ1) is 5.35. The minimum Gasteiger partial charge on any atom is -0.201 e. The van der Waals surface area contributed by atoms with Gasteiger partial charge in [0.25, 0.3) is 0 Å². The monoisotopic (exact) mass is 187 g/mol. The zero-order valence-corrected chi connectivity index (χ0v) is 7.79. The summed E-state index contributed by atoms with van der Waals surface area (Å²) in [6.07, 6.45) is 5.61. The number of hydrogen-bond acceptors (Lipinski definition) is 2. The van der Waals surface area contributed by atoms with E-state index in [0.717, 1.165) is 12.3 Å². The molecule has 0 saturated heterocycles. The molecular formula is C8H10ClNS. The van der Waals surface area contributed by atoms with Crippen molar-refractivity contribution < 1.29 is 0 Å². The third-order valence-corrected chi connectivity index (χ3v) is 3.59. The minimum atomic E-state index is 0.452. The second-order valence-corrected chi connectivity index (χ2v) is 4.47. The maximum Gasteiger partial charge on any atom is 0.0409 e. The molecule has 0 aliphatic heterocycles. The predicted octanol–water partition coefficient (Wildman–Crippen LogP) is 2.70. The third-order valence-electron chi connectivity index (χ3n) is 2.28. The molecule has 1 fully saturated rings. The molecule has 1 aliphatic carbocycles. The topological polar surface area (TPSA) is 12.9 Å². The number of nitrogens with zero attached hydrogens (tertiary/aromatic N) is 1. The van der Waals surface area contributed by atoms with Gasteiger partial charge in [0, 0.05) is 17.0 Å². The number of rotatable bonds is 3. The Kier molecular flexibility index (Phi) is 1.90. The Morgan fingerprint density at radius 3 is 2.91 bits per heavy atom. The molecule has 1 aliphatic rings. The summed E-state index contributed by atoms with van der Waals surface area (Å²) in [5, 5.41) is 0. The Morgan fingerprint density at radius 2 is 2.45 bits per heavy atom. The molecule has 1 heterocycles. The zero-order valence-electron chi connectivity index (χ0n) is 6.22. The summed E-state index contributed by atoms with van der Waals surface area (Å²) in [6, 6.07) is 2.09. The van der Waals surface area contributed by atoms with Crippen molar-refractivity contribution in [3.63, 3.8) is 0 Å². The van der Waals surface area contributed by atoms with Gasteiger partial charge in [-0.05, 0) is 42.3 Å². The van der Waals surface area contributed by atoms with Crippen LogP contribution in [-0.4, -0.2) is 10.3 Å². The maximum absolute atomic E-state index is 5.86. The Balaban J connectivity index is 2.01. The Hall–Kier alpha value is -0.0800. The number of hydrogen-bond donors (Lipinski definition) is 0. The Labute approximate surface area is 75.6 Å². The van der Waals surface area contributed by atoms with Crippen LogP contribution in [0.1, 0.15) is 17.7 Å². The van der Waals surface area contributed by atoms with E-state index in [9.17, 15) is 0 Å². The average Bonchev–Trinajstić information content (AvgIpc) is 2.59. The standard InChI is InChI=1S/C8H10ClNS/c9-6-8(2-3-8)5-7-1-4-10-11-7/h1,4H,2-3,5-6H2. The normalized spacial score (nSPS) is 20.1. The van der Waals surface area contributed by atoms with Gasteiger partial charge in [0.2, 0.25) is 0 Å². The molecule has 0 amide bonds. The van der Waals surface area contributed by atoms with Gasteiger partial charge in [0.1, 0.15) is 0 Å². The van der Waals surface area contributed by atoms with Crippen molar-refractivity contribution in [2.75, 3.05) is 5.88 Å². The molecule has 1 nitrogen and oxygen atoms in total. The molecule has 0 N–H and O–H groups in total.